The Morgan fingerprint density at radius 3 is 2.71 bits per heavy atom. The molecule has 0 aliphatic heterocycles. The molecule has 0 saturated carbocycles. The van der Waals surface area contributed by atoms with Gasteiger partial charge in [-0.1, -0.05) is 44.4 Å². The van der Waals surface area contributed by atoms with Crippen LogP contribution in [0.2, 0.25) is 0 Å². The summed E-state index contributed by atoms with van der Waals surface area (Å²) in [6.07, 6.45) is 4.63. The second-order valence-corrected chi connectivity index (χ2v) is 4.09. The van der Waals surface area contributed by atoms with Crippen LogP contribution < -0.4 is 4.74 Å². The van der Waals surface area contributed by atoms with Gasteiger partial charge in [0.15, 0.2) is 0 Å². The van der Waals surface area contributed by atoms with E-state index >= 15 is 0 Å². The van der Waals surface area contributed by atoms with Gasteiger partial charge in [-0.2, -0.15) is 0 Å². The Morgan fingerprint density at radius 2 is 2.00 bits per heavy atom. The first-order valence-corrected chi connectivity index (χ1v) is 6.16. The topological polar surface area (TPSA) is 46.5 Å². The van der Waals surface area contributed by atoms with Gasteiger partial charge in [-0.25, -0.2) is 0 Å². The quantitative estimate of drug-likeness (QED) is 0.705. The molecule has 17 heavy (non-hydrogen) atoms. The lowest BCUT2D eigenvalue weighted by atomic mass is 10.1. The van der Waals surface area contributed by atoms with Gasteiger partial charge in [-0.3, -0.25) is 4.79 Å². The number of hydrogen-bond donors (Lipinski definition) is 1. The van der Waals surface area contributed by atoms with Crippen molar-refractivity contribution >= 4 is 5.97 Å². The van der Waals surface area contributed by atoms with Gasteiger partial charge in [0.2, 0.25) is 0 Å². The van der Waals surface area contributed by atoms with E-state index in [1.165, 1.54) is 12.8 Å². The van der Waals surface area contributed by atoms with Gasteiger partial charge in [-0.15, -0.1) is 0 Å². The second-order valence-electron chi connectivity index (χ2n) is 4.09. The van der Waals surface area contributed by atoms with Crippen molar-refractivity contribution in [3.63, 3.8) is 0 Å². The third-order valence-electron chi connectivity index (χ3n) is 2.57. The van der Waals surface area contributed by atoms with Gasteiger partial charge in [0.1, 0.15) is 5.75 Å². The summed E-state index contributed by atoms with van der Waals surface area (Å²) in [4.78, 5) is 10.7. The number of ether oxygens (including phenoxy) is 1. The maximum absolute atomic E-state index is 10.7. The van der Waals surface area contributed by atoms with Crippen LogP contribution in [0.1, 0.15) is 38.2 Å². The Bertz CT molecular complexity index is 347. The molecule has 3 heteroatoms. The first-order chi connectivity index (χ1) is 8.24. The Labute approximate surface area is 102 Å². The van der Waals surface area contributed by atoms with E-state index < -0.39 is 5.97 Å². The molecule has 0 atom stereocenters. The lowest BCUT2D eigenvalue weighted by Gasteiger charge is -2.09. The molecule has 0 spiro atoms. The molecular formula is C14H20O3. The van der Waals surface area contributed by atoms with Crippen molar-refractivity contribution in [3.05, 3.63) is 29.8 Å². The van der Waals surface area contributed by atoms with Crippen LogP contribution in [0.15, 0.2) is 24.3 Å². The highest BCUT2D eigenvalue weighted by Gasteiger charge is 2.06. The van der Waals surface area contributed by atoms with Gasteiger partial charge in [0.05, 0.1) is 13.0 Å². The Morgan fingerprint density at radius 1 is 1.24 bits per heavy atom. The molecule has 0 aliphatic rings. The van der Waals surface area contributed by atoms with Crippen molar-refractivity contribution in [2.75, 3.05) is 6.61 Å². The molecule has 0 radical (unpaired) electrons. The zero-order valence-corrected chi connectivity index (χ0v) is 10.3. The minimum absolute atomic E-state index is 0.0190. The molecule has 0 amide bonds. The standard InChI is InChI=1S/C14H20O3/c1-2-3-4-7-10-17-13-9-6-5-8-12(13)11-14(15)16/h5-6,8-9H,2-4,7,10-11H2,1H3,(H,15,16). The van der Waals surface area contributed by atoms with E-state index in [1.54, 1.807) is 6.07 Å². The molecular weight excluding hydrogens is 216 g/mol. The number of hydrogen-bond acceptors (Lipinski definition) is 2. The molecule has 1 aromatic rings. The fraction of sp³-hybridized carbons (Fsp3) is 0.500. The van der Waals surface area contributed by atoms with E-state index in [0.717, 1.165) is 18.4 Å². The lowest BCUT2D eigenvalue weighted by molar-refractivity contribution is -0.136. The second kappa shape index (κ2) is 7.71. The molecule has 0 aromatic heterocycles. The van der Waals surface area contributed by atoms with Gasteiger partial charge < -0.3 is 9.84 Å². The predicted molar refractivity (Wildman–Crippen MR) is 67.4 cm³/mol. The molecule has 1 aromatic carbocycles. The van der Waals surface area contributed by atoms with Crippen LogP contribution in [0.3, 0.4) is 0 Å². The van der Waals surface area contributed by atoms with Crippen LogP contribution in [0, 0.1) is 0 Å². The summed E-state index contributed by atoms with van der Waals surface area (Å²) in [7, 11) is 0. The summed E-state index contributed by atoms with van der Waals surface area (Å²) in [6.45, 7) is 2.83. The van der Waals surface area contributed by atoms with Crippen molar-refractivity contribution in [2.24, 2.45) is 0 Å². The summed E-state index contributed by atoms with van der Waals surface area (Å²) in [5, 5.41) is 8.78. The van der Waals surface area contributed by atoms with E-state index in [9.17, 15) is 4.79 Å². The summed E-state index contributed by atoms with van der Waals surface area (Å²) in [5.41, 5.74) is 0.746. The normalized spacial score (nSPS) is 10.2. The monoisotopic (exact) mass is 236 g/mol. The van der Waals surface area contributed by atoms with Crippen molar-refractivity contribution in [1.82, 2.24) is 0 Å². The zero-order chi connectivity index (χ0) is 12.5. The van der Waals surface area contributed by atoms with Crippen molar-refractivity contribution in [3.8, 4) is 5.75 Å². The zero-order valence-electron chi connectivity index (χ0n) is 10.3. The van der Waals surface area contributed by atoms with Crippen molar-refractivity contribution < 1.29 is 14.6 Å². The van der Waals surface area contributed by atoms with E-state index in [4.69, 9.17) is 9.84 Å². The minimum atomic E-state index is -0.827. The number of aliphatic carboxylic acids is 1. The van der Waals surface area contributed by atoms with Gasteiger partial charge in [0.25, 0.3) is 0 Å². The van der Waals surface area contributed by atoms with Crippen LogP contribution in [-0.4, -0.2) is 17.7 Å². The maximum atomic E-state index is 10.7. The first-order valence-electron chi connectivity index (χ1n) is 6.16. The lowest BCUT2D eigenvalue weighted by Crippen LogP contribution is -2.04. The highest BCUT2D eigenvalue weighted by Crippen LogP contribution is 2.19. The number of para-hydroxylation sites is 1. The van der Waals surface area contributed by atoms with Crippen LogP contribution in [0.4, 0.5) is 0 Å². The number of carbonyl (C=O) groups is 1. The molecule has 1 N–H and O–H groups in total. The molecule has 0 bridgehead atoms. The third kappa shape index (κ3) is 5.38. The first kappa shape index (κ1) is 13.6. The van der Waals surface area contributed by atoms with Crippen LogP contribution in [0.5, 0.6) is 5.75 Å². The van der Waals surface area contributed by atoms with E-state index in [-0.39, 0.29) is 6.42 Å². The summed E-state index contributed by atoms with van der Waals surface area (Å²) < 4.78 is 5.62. The molecule has 94 valence electrons. The number of unbranched alkanes of at least 4 members (excludes halogenated alkanes) is 3. The van der Waals surface area contributed by atoms with E-state index in [1.807, 2.05) is 18.2 Å². The molecule has 0 aliphatic carbocycles. The fourth-order valence-corrected chi connectivity index (χ4v) is 1.66. The molecule has 1 rings (SSSR count). The van der Waals surface area contributed by atoms with E-state index in [0.29, 0.717) is 12.4 Å². The summed E-state index contributed by atoms with van der Waals surface area (Å²) in [5.74, 6) is -0.126. The Hall–Kier alpha value is -1.51. The van der Waals surface area contributed by atoms with E-state index in [2.05, 4.69) is 6.92 Å². The van der Waals surface area contributed by atoms with Gasteiger partial charge >= 0.3 is 5.97 Å². The van der Waals surface area contributed by atoms with Crippen LogP contribution >= 0.6 is 0 Å². The number of benzene rings is 1. The molecule has 0 saturated heterocycles. The summed E-state index contributed by atoms with van der Waals surface area (Å²) in [6, 6.07) is 7.34. The SMILES string of the molecule is CCCCCCOc1ccccc1CC(=O)O. The summed E-state index contributed by atoms with van der Waals surface area (Å²) >= 11 is 0. The van der Waals surface area contributed by atoms with Crippen LogP contribution in [-0.2, 0) is 11.2 Å². The predicted octanol–water partition coefficient (Wildman–Crippen LogP) is 3.27. The number of carboxylic acids is 1. The van der Waals surface area contributed by atoms with Crippen LogP contribution in [0.25, 0.3) is 0 Å². The highest BCUT2D eigenvalue weighted by atomic mass is 16.5. The molecule has 0 fully saturated rings. The van der Waals surface area contributed by atoms with Crippen molar-refractivity contribution in [2.45, 2.75) is 39.0 Å². The minimum Gasteiger partial charge on any atom is -0.493 e. The largest absolute Gasteiger partial charge is 0.493 e. The third-order valence-corrected chi connectivity index (χ3v) is 2.57. The maximum Gasteiger partial charge on any atom is 0.307 e. The number of rotatable bonds is 8. The van der Waals surface area contributed by atoms with Crippen molar-refractivity contribution in [1.29, 1.82) is 0 Å². The smallest absolute Gasteiger partial charge is 0.307 e. The molecule has 0 heterocycles. The Kier molecular flexibility index (Phi) is 6.15. The average Bonchev–Trinajstić information content (AvgIpc) is 2.30. The van der Waals surface area contributed by atoms with Gasteiger partial charge in [-0.05, 0) is 12.5 Å². The molecule has 3 nitrogen and oxygen atoms in total. The Balaban J connectivity index is 2.43. The number of carboxylic acid groups (broad SMARTS) is 1. The average molecular weight is 236 g/mol. The fourth-order valence-electron chi connectivity index (χ4n) is 1.66. The highest BCUT2D eigenvalue weighted by molar-refractivity contribution is 5.71. The van der Waals surface area contributed by atoms with Gasteiger partial charge in [0, 0.05) is 5.56 Å². The molecule has 0 unspecified atom stereocenters.